The van der Waals surface area contributed by atoms with E-state index in [4.69, 9.17) is 18.9 Å². The maximum atomic E-state index is 13.4. The van der Waals surface area contributed by atoms with Crippen molar-refractivity contribution >= 4 is 23.8 Å². The number of rotatable bonds is 5. The predicted octanol–water partition coefficient (Wildman–Crippen LogP) is 6.36. The molecule has 2 aromatic rings. The lowest BCUT2D eigenvalue weighted by Gasteiger charge is -2.28. The van der Waals surface area contributed by atoms with E-state index in [1.807, 2.05) is 12.1 Å². The standard InChI is InChI=1S/C32H38O8/c1-19(2)18-38-25-14-13-21(15-26(25)37-4)24-17-28(34)40-27-16-22-10-6-5-7-11-23(33)12-8-9-20(3)39-32(36)29(22)31(35)30(24)27/h6,10,13-16,19-20,24,35H,5,7-9,11-12,17-18H2,1-4H3/t20-,24+/m1/s1. The van der Waals surface area contributed by atoms with Crippen LogP contribution in [0.4, 0.5) is 0 Å². The van der Waals surface area contributed by atoms with E-state index in [2.05, 4.69) is 13.8 Å². The van der Waals surface area contributed by atoms with Crippen molar-refractivity contribution in [1.82, 2.24) is 0 Å². The van der Waals surface area contributed by atoms with Crippen molar-refractivity contribution in [3.63, 3.8) is 0 Å². The molecule has 0 radical (unpaired) electrons. The number of ether oxygens (including phenoxy) is 4. The average molecular weight is 551 g/mol. The van der Waals surface area contributed by atoms with Gasteiger partial charge < -0.3 is 24.1 Å². The number of hydrogen-bond donors (Lipinski definition) is 1. The van der Waals surface area contributed by atoms with E-state index in [1.54, 1.807) is 38.3 Å². The summed E-state index contributed by atoms with van der Waals surface area (Å²) in [5.41, 5.74) is 1.48. The molecule has 4 rings (SSSR count). The maximum Gasteiger partial charge on any atom is 0.342 e. The summed E-state index contributed by atoms with van der Waals surface area (Å²) in [7, 11) is 1.55. The lowest BCUT2D eigenvalue weighted by Crippen LogP contribution is -2.23. The molecule has 40 heavy (non-hydrogen) atoms. The molecule has 0 saturated heterocycles. The number of allylic oxidation sites excluding steroid dienone is 1. The molecule has 0 saturated carbocycles. The molecule has 0 unspecified atom stereocenters. The van der Waals surface area contributed by atoms with Crippen LogP contribution < -0.4 is 14.2 Å². The minimum Gasteiger partial charge on any atom is -0.507 e. The number of ketones is 1. The fraction of sp³-hybridized carbons (Fsp3) is 0.469. The van der Waals surface area contributed by atoms with Crippen LogP contribution in [0.1, 0.15) is 98.7 Å². The van der Waals surface area contributed by atoms with Gasteiger partial charge in [0.25, 0.3) is 0 Å². The van der Waals surface area contributed by atoms with Gasteiger partial charge in [-0.05, 0) is 67.9 Å². The molecule has 1 N–H and O–H groups in total. The third-order valence-electron chi connectivity index (χ3n) is 7.14. The monoisotopic (exact) mass is 550 g/mol. The summed E-state index contributed by atoms with van der Waals surface area (Å²) in [4.78, 5) is 38.2. The molecule has 0 amide bonds. The molecule has 2 aliphatic rings. The SMILES string of the molecule is COc1cc([C@@H]2CC(=O)Oc3cc4c(c(O)c32)C(=O)O[C@H](C)CCCC(=O)CCCC=C4)ccc1OCC(C)C. The molecule has 0 aromatic heterocycles. The van der Waals surface area contributed by atoms with Crippen molar-refractivity contribution in [1.29, 1.82) is 0 Å². The van der Waals surface area contributed by atoms with Gasteiger partial charge in [-0.15, -0.1) is 0 Å². The molecule has 8 heteroatoms. The molecule has 214 valence electrons. The maximum absolute atomic E-state index is 13.4. The first-order chi connectivity index (χ1) is 19.2. The highest BCUT2D eigenvalue weighted by molar-refractivity contribution is 5.98. The molecule has 0 aliphatic carbocycles. The number of fused-ring (bicyclic) bond motifs is 2. The topological polar surface area (TPSA) is 108 Å². The van der Waals surface area contributed by atoms with E-state index in [0.717, 1.165) is 0 Å². The molecule has 2 heterocycles. The Hall–Kier alpha value is -3.81. The number of phenols is 1. The molecule has 2 atom stereocenters. The number of hydrogen-bond acceptors (Lipinski definition) is 8. The number of cyclic esters (lactones) is 1. The van der Waals surface area contributed by atoms with E-state index in [-0.39, 0.29) is 29.3 Å². The van der Waals surface area contributed by atoms with Crippen LogP contribution in [-0.4, -0.2) is 42.6 Å². The number of carbonyl (C=O) groups is 3. The smallest absolute Gasteiger partial charge is 0.342 e. The Labute approximate surface area is 235 Å². The first-order valence-electron chi connectivity index (χ1n) is 14.0. The quantitative estimate of drug-likeness (QED) is 0.339. The Morgan fingerprint density at radius 1 is 1.07 bits per heavy atom. The fourth-order valence-corrected chi connectivity index (χ4v) is 5.08. The van der Waals surface area contributed by atoms with Crippen LogP contribution >= 0.6 is 0 Å². The summed E-state index contributed by atoms with van der Waals surface area (Å²) >= 11 is 0. The van der Waals surface area contributed by atoms with E-state index >= 15 is 0 Å². The van der Waals surface area contributed by atoms with E-state index in [0.29, 0.717) is 79.2 Å². The van der Waals surface area contributed by atoms with Gasteiger partial charge in [0, 0.05) is 24.3 Å². The Bertz CT molecular complexity index is 1290. The van der Waals surface area contributed by atoms with E-state index in [1.165, 1.54) is 0 Å². The minimum absolute atomic E-state index is 0.0238. The van der Waals surface area contributed by atoms with Crippen LogP contribution in [0, 0.1) is 5.92 Å². The number of Topliss-reactive ketones (excluding diaryl/α,β-unsaturated/α-hetero) is 1. The molecule has 0 spiro atoms. The number of benzene rings is 2. The first-order valence-corrected chi connectivity index (χ1v) is 14.0. The Morgan fingerprint density at radius 2 is 1.85 bits per heavy atom. The summed E-state index contributed by atoms with van der Waals surface area (Å²) in [6, 6.07) is 7.01. The van der Waals surface area contributed by atoms with Crippen LogP contribution in [0.5, 0.6) is 23.0 Å². The van der Waals surface area contributed by atoms with Crippen LogP contribution in [0.15, 0.2) is 30.3 Å². The third-order valence-corrected chi connectivity index (χ3v) is 7.14. The zero-order chi connectivity index (χ0) is 28.8. The van der Waals surface area contributed by atoms with Crippen LogP contribution in [-0.2, 0) is 14.3 Å². The van der Waals surface area contributed by atoms with Gasteiger partial charge in [-0.25, -0.2) is 4.79 Å². The van der Waals surface area contributed by atoms with Crippen molar-refractivity contribution < 1.29 is 38.4 Å². The largest absolute Gasteiger partial charge is 0.507 e. The highest BCUT2D eigenvalue weighted by Crippen LogP contribution is 2.48. The Balaban J connectivity index is 1.78. The zero-order valence-electron chi connectivity index (χ0n) is 23.7. The lowest BCUT2D eigenvalue weighted by molar-refractivity contribution is -0.135. The summed E-state index contributed by atoms with van der Waals surface area (Å²) in [6.07, 6.45) is 6.53. The highest BCUT2D eigenvalue weighted by Gasteiger charge is 2.36. The molecular formula is C32H38O8. The molecule has 2 aliphatic heterocycles. The Morgan fingerprint density at radius 3 is 2.60 bits per heavy atom. The summed E-state index contributed by atoms with van der Waals surface area (Å²) in [5.74, 6) is -0.157. The molecular weight excluding hydrogens is 512 g/mol. The number of carbonyl (C=O) groups excluding carboxylic acids is 3. The third kappa shape index (κ3) is 6.84. The normalized spacial score (nSPS) is 20.2. The van der Waals surface area contributed by atoms with Crippen molar-refractivity contribution in [2.45, 2.75) is 77.7 Å². The summed E-state index contributed by atoms with van der Waals surface area (Å²) in [6.45, 7) is 6.40. The second kappa shape index (κ2) is 13.0. The first kappa shape index (κ1) is 29.2. The second-order valence-electron chi connectivity index (χ2n) is 10.9. The number of aromatic hydroxyl groups is 1. The molecule has 0 fully saturated rings. The lowest BCUT2D eigenvalue weighted by atomic mass is 9.83. The zero-order valence-corrected chi connectivity index (χ0v) is 23.7. The van der Waals surface area contributed by atoms with Gasteiger partial charge in [-0.1, -0.05) is 32.1 Å². The van der Waals surface area contributed by atoms with Gasteiger partial charge >= 0.3 is 11.9 Å². The number of phenolic OH excluding ortho intramolecular Hbond substituents is 1. The van der Waals surface area contributed by atoms with Crippen molar-refractivity contribution in [3.05, 3.63) is 52.6 Å². The van der Waals surface area contributed by atoms with Gasteiger partial charge in [0.1, 0.15) is 22.8 Å². The van der Waals surface area contributed by atoms with Gasteiger partial charge in [-0.2, -0.15) is 0 Å². The van der Waals surface area contributed by atoms with Gasteiger partial charge in [0.15, 0.2) is 11.5 Å². The number of methoxy groups -OCH3 is 1. The Kier molecular flexibility index (Phi) is 9.50. The van der Waals surface area contributed by atoms with E-state index < -0.39 is 24.0 Å². The van der Waals surface area contributed by atoms with Crippen molar-refractivity contribution in [2.75, 3.05) is 13.7 Å². The molecule has 2 aromatic carbocycles. The number of esters is 2. The second-order valence-corrected chi connectivity index (χ2v) is 10.9. The predicted molar refractivity (Wildman–Crippen MR) is 150 cm³/mol. The van der Waals surface area contributed by atoms with Gasteiger partial charge in [0.05, 0.1) is 26.2 Å². The summed E-state index contributed by atoms with van der Waals surface area (Å²) < 4.78 is 22.7. The molecule has 8 nitrogen and oxygen atoms in total. The molecule has 0 bridgehead atoms. The van der Waals surface area contributed by atoms with Crippen molar-refractivity contribution in [2.24, 2.45) is 5.92 Å². The van der Waals surface area contributed by atoms with Crippen LogP contribution in [0.2, 0.25) is 0 Å². The summed E-state index contributed by atoms with van der Waals surface area (Å²) in [5, 5.41) is 11.6. The van der Waals surface area contributed by atoms with E-state index in [9.17, 15) is 19.5 Å². The van der Waals surface area contributed by atoms with Gasteiger partial charge in [0.2, 0.25) is 0 Å². The van der Waals surface area contributed by atoms with Crippen LogP contribution in [0.3, 0.4) is 0 Å². The minimum atomic E-state index is -0.665. The highest BCUT2D eigenvalue weighted by atomic mass is 16.5. The average Bonchev–Trinajstić information content (AvgIpc) is 2.90. The fourth-order valence-electron chi connectivity index (χ4n) is 5.08. The van der Waals surface area contributed by atoms with Crippen molar-refractivity contribution in [3.8, 4) is 23.0 Å². The van der Waals surface area contributed by atoms with Crippen LogP contribution in [0.25, 0.3) is 6.08 Å². The van der Waals surface area contributed by atoms with Gasteiger partial charge in [-0.3, -0.25) is 9.59 Å².